The molecular weight excluding hydrogens is 244 g/mol. The minimum atomic E-state index is -0.440. The van der Waals surface area contributed by atoms with Crippen LogP contribution in [0.4, 0.5) is 4.79 Å². The third-order valence-electron chi connectivity index (χ3n) is 3.56. The number of nitrogens with zero attached hydrogens (tertiary/aromatic N) is 1. The lowest BCUT2D eigenvalue weighted by Gasteiger charge is -2.41. The van der Waals surface area contributed by atoms with Gasteiger partial charge in [-0.1, -0.05) is 0 Å². The molecule has 2 rings (SSSR count). The standard InChI is InChI=1S/C14H26N2O3/c1-14(2,3)19-13(17)16-8-5-4-6-11(16)12-10-15-7-9-18-12/h11-12,15H,4-10H2,1-3H3. The molecule has 2 unspecified atom stereocenters. The highest BCUT2D eigenvalue weighted by molar-refractivity contribution is 5.68. The average Bonchev–Trinajstić information content (AvgIpc) is 2.38. The van der Waals surface area contributed by atoms with Gasteiger partial charge in [-0.3, -0.25) is 0 Å². The van der Waals surface area contributed by atoms with Crippen LogP contribution in [0.25, 0.3) is 0 Å². The summed E-state index contributed by atoms with van der Waals surface area (Å²) in [5, 5.41) is 3.34. The molecule has 2 atom stereocenters. The van der Waals surface area contributed by atoms with Crippen molar-refractivity contribution in [1.82, 2.24) is 10.2 Å². The molecule has 0 aliphatic carbocycles. The Morgan fingerprint density at radius 3 is 2.79 bits per heavy atom. The number of amides is 1. The monoisotopic (exact) mass is 270 g/mol. The van der Waals surface area contributed by atoms with Crippen LogP contribution in [0.1, 0.15) is 40.0 Å². The highest BCUT2D eigenvalue weighted by Gasteiger charge is 2.36. The smallest absolute Gasteiger partial charge is 0.410 e. The van der Waals surface area contributed by atoms with E-state index in [0.717, 1.165) is 45.5 Å². The van der Waals surface area contributed by atoms with Crippen molar-refractivity contribution in [2.75, 3.05) is 26.2 Å². The van der Waals surface area contributed by atoms with Crippen LogP contribution in [-0.2, 0) is 9.47 Å². The SMILES string of the molecule is CC(C)(C)OC(=O)N1CCCCC1C1CNCCO1. The van der Waals surface area contributed by atoms with Gasteiger partial charge in [0.2, 0.25) is 0 Å². The zero-order chi connectivity index (χ0) is 13.9. The van der Waals surface area contributed by atoms with Crippen molar-refractivity contribution in [3.05, 3.63) is 0 Å². The molecule has 2 aliphatic heterocycles. The fourth-order valence-electron chi connectivity index (χ4n) is 2.72. The lowest BCUT2D eigenvalue weighted by atomic mass is 9.97. The third kappa shape index (κ3) is 4.08. The first-order chi connectivity index (χ1) is 8.97. The van der Waals surface area contributed by atoms with Crippen molar-refractivity contribution in [1.29, 1.82) is 0 Å². The van der Waals surface area contributed by atoms with Gasteiger partial charge in [0, 0.05) is 19.6 Å². The van der Waals surface area contributed by atoms with Gasteiger partial charge in [0.15, 0.2) is 0 Å². The predicted molar refractivity (Wildman–Crippen MR) is 73.2 cm³/mol. The van der Waals surface area contributed by atoms with Crippen LogP contribution < -0.4 is 5.32 Å². The zero-order valence-electron chi connectivity index (χ0n) is 12.3. The maximum Gasteiger partial charge on any atom is 0.410 e. The molecule has 0 bridgehead atoms. The van der Waals surface area contributed by atoms with Crippen molar-refractivity contribution >= 4 is 6.09 Å². The lowest BCUT2D eigenvalue weighted by molar-refractivity contribution is -0.0522. The molecule has 2 heterocycles. The number of rotatable bonds is 1. The number of carbonyl (C=O) groups excluding carboxylic acids is 1. The fourth-order valence-corrected chi connectivity index (χ4v) is 2.72. The molecule has 1 amide bonds. The minimum Gasteiger partial charge on any atom is -0.444 e. The van der Waals surface area contributed by atoms with E-state index in [4.69, 9.17) is 9.47 Å². The van der Waals surface area contributed by atoms with Crippen molar-refractivity contribution in [2.24, 2.45) is 0 Å². The quantitative estimate of drug-likeness (QED) is 0.789. The van der Waals surface area contributed by atoms with Crippen molar-refractivity contribution < 1.29 is 14.3 Å². The topological polar surface area (TPSA) is 50.8 Å². The van der Waals surface area contributed by atoms with Crippen LogP contribution in [-0.4, -0.2) is 55.0 Å². The van der Waals surface area contributed by atoms with Gasteiger partial charge >= 0.3 is 6.09 Å². The number of hydrogen-bond acceptors (Lipinski definition) is 4. The summed E-state index contributed by atoms with van der Waals surface area (Å²) in [6.07, 6.45) is 3.11. The van der Waals surface area contributed by atoms with E-state index >= 15 is 0 Å². The van der Waals surface area contributed by atoms with Crippen molar-refractivity contribution in [2.45, 2.75) is 57.8 Å². The van der Waals surface area contributed by atoms with Gasteiger partial charge in [0.1, 0.15) is 5.60 Å². The molecule has 0 radical (unpaired) electrons. The van der Waals surface area contributed by atoms with Crippen LogP contribution in [0.2, 0.25) is 0 Å². The first-order valence-corrected chi connectivity index (χ1v) is 7.29. The molecule has 2 fully saturated rings. The summed E-state index contributed by atoms with van der Waals surface area (Å²) in [7, 11) is 0. The second kappa shape index (κ2) is 6.09. The second-order valence-electron chi connectivity index (χ2n) is 6.35. The summed E-state index contributed by atoms with van der Waals surface area (Å²) in [6, 6.07) is 0.149. The molecule has 0 spiro atoms. The summed E-state index contributed by atoms with van der Waals surface area (Å²) < 4.78 is 11.3. The summed E-state index contributed by atoms with van der Waals surface area (Å²) in [4.78, 5) is 14.2. The Bertz CT molecular complexity index is 308. The normalized spacial score (nSPS) is 29.1. The Hall–Kier alpha value is -0.810. The largest absolute Gasteiger partial charge is 0.444 e. The number of hydrogen-bond donors (Lipinski definition) is 1. The molecule has 2 aliphatic rings. The van der Waals surface area contributed by atoms with Gasteiger partial charge in [0.05, 0.1) is 18.8 Å². The fraction of sp³-hybridized carbons (Fsp3) is 0.929. The van der Waals surface area contributed by atoms with Gasteiger partial charge < -0.3 is 19.7 Å². The minimum absolute atomic E-state index is 0.0987. The molecule has 0 aromatic rings. The zero-order valence-corrected chi connectivity index (χ0v) is 12.3. The Balaban J connectivity index is 2.00. The Morgan fingerprint density at radius 1 is 1.37 bits per heavy atom. The molecule has 5 heteroatoms. The summed E-state index contributed by atoms with van der Waals surface area (Å²) in [6.45, 7) is 8.94. The lowest BCUT2D eigenvalue weighted by Crippen LogP contribution is -2.56. The van der Waals surface area contributed by atoms with Gasteiger partial charge in [-0.2, -0.15) is 0 Å². The van der Waals surface area contributed by atoms with Gasteiger partial charge in [-0.15, -0.1) is 0 Å². The number of morpholine rings is 1. The summed E-state index contributed by atoms with van der Waals surface area (Å²) in [5.74, 6) is 0. The maximum absolute atomic E-state index is 12.3. The first-order valence-electron chi connectivity index (χ1n) is 7.29. The van der Waals surface area contributed by atoms with E-state index in [1.165, 1.54) is 0 Å². The van der Waals surface area contributed by atoms with E-state index in [2.05, 4.69) is 5.32 Å². The van der Waals surface area contributed by atoms with Crippen LogP contribution in [0.5, 0.6) is 0 Å². The molecular formula is C14H26N2O3. The van der Waals surface area contributed by atoms with E-state index in [0.29, 0.717) is 0 Å². The van der Waals surface area contributed by atoms with Crippen molar-refractivity contribution in [3.8, 4) is 0 Å². The Labute approximate surface area is 115 Å². The molecule has 5 nitrogen and oxygen atoms in total. The number of nitrogens with one attached hydrogen (secondary N) is 1. The molecule has 110 valence electrons. The van der Waals surface area contributed by atoms with Gasteiger partial charge in [0.25, 0.3) is 0 Å². The maximum atomic E-state index is 12.3. The van der Waals surface area contributed by atoms with Crippen LogP contribution in [0, 0.1) is 0 Å². The summed E-state index contributed by atoms with van der Waals surface area (Å²) >= 11 is 0. The van der Waals surface area contributed by atoms with Gasteiger partial charge in [-0.05, 0) is 40.0 Å². The van der Waals surface area contributed by atoms with E-state index < -0.39 is 5.60 Å². The molecule has 0 aromatic heterocycles. The van der Waals surface area contributed by atoms with Crippen LogP contribution in [0.15, 0.2) is 0 Å². The number of ether oxygens (including phenoxy) is 2. The highest BCUT2D eigenvalue weighted by atomic mass is 16.6. The number of piperidine rings is 1. The predicted octanol–water partition coefficient (Wildman–Crippen LogP) is 1.76. The van der Waals surface area contributed by atoms with E-state index in [-0.39, 0.29) is 18.2 Å². The second-order valence-corrected chi connectivity index (χ2v) is 6.35. The average molecular weight is 270 g/mol. The first kappa shape index (κ1) is 14.6. The van der Waals surface area contributed by atoms with E-state index in [1.54, 1.807) is 0 Å². The molecule has 1 N–H and O–H groups in total. The van der Waals surface area contributed by atoms with Crippen LogP contribution in [0.3, 0.4) is 0 Å². The van der Waals surface area contributed by atoms with E-state index in [1.807, 2.05) is 25.7 Å². The summed E-state index contributed by atoms with van der Waals surface area (Å²) in [5.41, 5.74) is -0.440. The van der Waals surface area contributed by atoms with Crippen molar-refractivity contribution in [3.63, 3.8) is 0 Å². The van der Waals surface area contributed by atoms with E-state index in [9.17, 15) is 4.79 Å². The third-order valence-corrected chi connectivity index (χ3v) is 3.56. The number of carbonyl (C=O) groups is 1. The van der Waals surface area contributed by atoms with Gasteiger partial charge in [-0.25, -0.2) is 4.79 Å². The highest BCUT2D eigenvalue weighted by Crippen LogP contribution is 2.24. The Kier molecular flexibility index (Phi) is 4.68. The molecule has 2 saturated heterocycles. The molecule has 19 heavy (non-hydrogen) atoms. The molecule has 0 aromatic carbocycles. The Morgan fingerprint density at radius 2 is 2.16 bits per heavy atom. The van der Waals surface area contributed by atoms with Crippen LogP contribution >= 0.6 is 0 Å². The number of likely N-dealkylation sites (tertiary alicyclic amines) is 1. The molecule has 0 saturated carbocycles.